The molecule has 1 unspecified atom stereocenters. The van der Waals surface area contributed by atoms with E-state index in [-0.39, 0.29) is 0 Å². The zero-order chi connectivity index (χ0) is 12.8. The Labute approximate surface area is 102 Å². The summed E-state index contributed by atoms with van der Waals surface area (Å²) in [6, 6.07) is 3.57. The molecule has 0 aliphatic heterocycles. The highest BCUT2D eigenvalue weighted by Crippen LogP contribution is 2.34. The molecule has 1 aromatic rings. The lowest BCUT2D eigenvalue weighted by Gasteiger charge is -2.15. The van der Waals surface area contributed by atoms with Crippen LogP contribution in [0.5, 0.6) is 11.5 Å². The van der Waals surface area contributed by atoms with Crippen LogP contribution >= 0.6 is 0 Å². The minimum Gasteiger partial charge on any atom is -0.496 e. The van der Waals surface area contributed by atoms with Gasteiger partial charge in [0.2, 0.25) is 0 Å². The van der Waals surface area contributed by atoms with Crippen molar-refractivity contribution in [3.05, 3.63) is 23.3 Å². The molecule has 0 spiro atoms. The Hall–Kier alpha value is -1.29. The second kappa shape index (κ2) is 6.45. The first-order valence-corrected chi connectivity index (χ1v) is 5.67. The average Bonchev–Trinajstić information content (AvgIpc) is 2.34. The summed E-state index contributed by atoms with van der Waals surface area (Å²) >= 11 is 0. The van der Waals surface area contributed by atoms with Gasteiger partial charge in [0.25, 0.3) is 0 Å². The Bertz CT molecular complexity index is 367. The zero-order valence-corrected chi connectivity index (χ0v) is 10.8. The van der Waals surface area contributed by atoms with Gasteiger partial charge in [0.05, 0.1) is 14.2 Å². The molecule has 96 valence electrons. The summed E-state index contributed by atoms with van der Waals surface area (Å²) in [6.45, 7) is 2.33. The van der Waals surface area contributed by atoms with E-state index in [0.29, 0.717) is 17.1 Å². The second-order valence-corrected chi connectivity index (χ2v) is 3.88. The third-order valence-electron chi connectivity index (χ3n) is 2.71. The Kier molecular flexibility index (Phi) is 5.22. The number of ether oxygens (including phenoxy) is 2. The van der Waals surface area contributed by atoms with Crippen molar-refractivity contribution in [3.8, 4) is 11.5 Å². The van der Waals surface area contributed by atoms with Crippen LogP contribution in [0.15, 0.2) is 12.1 Å². The highest BCUT2D eigenvalue weighted by Gasteiger charge is 2.15. The molecule has 0 aromatic heterocycles. The molecule has 1 rings (SSSR count). The van der Waals surface area contributed by atoms with Crippen molar-refractivity contribution >= 4 is 0 Å². The molecule has 4 heteroatoms. The summed E-state index contributed by atoms with van der Waals surface area (Å²) in [5.41, 5.74) is 1.54. The molecule has 1 aromatic carbocycles. The van der Waals surface area contributed by atoms with E-state index in [9.17, 15) is 4.39 Å². The van der Waals surface area contributed by atoms with Crippen LogP contribution in [0, 0.1) is 0 Å². The van der Waals surface area contributed by atoms with Crippen molar-refractivity contribution in [2.75, 3.05) is 27.8 Å². The van der Waals surface area contributed by atoms with Gasteiger partial charge in [-0.15, -0.1) is 0 Å². The van der Waals surface area contributed by atoms with Crippen molar-refractivity contribution in [3.63, 3.8) is 0 Å². The maximum Gasteiger partial charge on any atom is 0.126 e. The van der Waals surface area contributed by atoms with Crippen LogP contribution in [0.4, 0.5) is 4.39 Å². The molecule has 0 heterocycles. The SMILES string of the molecule is CNCCc1cc(OC)c(C(C)F)cc1OC. The zero-order valence-electron chi connectivity index (χ0n) is 10.8. The summed E-state index contributed by atoms with van der Waals surface area (Å²) in [7, 11) is 5.04. The fourth-order valence-electron chi connectivity index (χ4n) is 1.75. The standard InChI is InChI=1S/C13H20FNO2/c1-9(14)11-8-12(16-3)10(5-6-15-2)7-13(11)17-4/h7-9,15H,5-6H2,1-4H3. The van der Waals surface area contributed by atoms with Crippen molar-refractivity contribution in [1.29, 1.82) is 0 Å². The van der Waals surface area contributed by atoms with Gasteiger partial charge in [0.1, 0.15) is 17.7 Å². The number of alkyl halides is 1. The van der Waals surface area contributed by atoms with E-state index in [4.69, 9.17) is 9.47 Å². The normalized spacial score (nSPS) is 12.3. The van der Waals surface area contributed by atoms with Gasteiger partial charge in [-0.05, 0) is 44.6 Å². The minimum atomic E-state index is -1.07. The van der Waals surface area contributed by atoms with E-state index in [2.05, 4.69) is 5.32 Å². The lowest BCUT2D eigenvalue weighted by Crippen LogP contribution is -2.11. The van der Waals surface area contributed by atoms with E-state index in [0.717, 1.165) is 18.5 Å². The van der Waals surface area contributed by atoms with Gasteiger partial charge in [0, 0.05) is 5.56 Å². The van der Waals surface area contributed by atoms with E-state index in [1.807, 2.05) is 13.1 Å². The fourth-order valence-corrected chi connectivity index (χ4v) is 1.75. The monoisotopic (exact) mass is 241 g/mol. The van der Waals surface area contributed by atoms with Crippen molar-refractivity contribution in [2.24, 2.45) is 0 Å². The quantitative estimate of drug-likeness (QED) is 0.830. The van der Waals surface area contributed by atoms with Crippen molar-refractivity contribution in [1.82, 2.24) is 5.32 Å². The van der Waals surface area contributed by atoms with Gasteiger partial charge in [0.15, 0.2) is 0 Å². The van der Waals surface area contributed by atoms with Gasteiger partial charge >= 0.3 is 0 Å². The Balaban J connectivity index is 3.13. The summed E-state index contributed by atoms with van der Waals surface area (Å²) in [5, 5.41) is 3.07. The Morgan fingerprint density at radius 2 is 1.88 bits per heavy atom. The van der Waals surface area contributed by atoms with Crippen LogP contribution in [-0.2, 0) is 6.42 Å². The molecule has 0 bridgehead atoms. The molecule has 3 nitrogen and oxygen atoms in total. The minimum absolute atomic E-state index is 0.526. The highest BCUT2D eigenvalue weighted by atomic mass is 19.1. The summed E-state index contributed by atoms with van der Waals surface area (Å²) < 4.78 is 23.9. The largest absolute Gasteiger partial charge is 0.496 e. The first-order chi connectivity index (χ1) is 8.13. The molecular weight excluding hydrogens is 221 g/mol. The summed E-state index contributed by atoms with van der Waals surface area (Å²) in [6.07, 6.45) is -0.256. The average molecular weight is 241 g/mol. The van der Waals surface area contributed by atoms with E-state index in [1.165, 1.54) is 6.92 Å². The highest BCUT2D eigenvalue weighted by molar-refractivity contribution is 5.47. The van der Waals surface area contributed by atoms with Crippen LogP contribution < -0.4 is 14.8 Å². The third-order valence-corrected chi connectivity index (χ3v) is 2.71. The number of likely N-dealkylation sites (N-methyl/N-ethyl adjacent to an activating group) is 1. The number of hydrogen-bond acceptors (Lipinski definition) is 3. The number of halogens is 1. The molecule has 0 aliphatic rings. The van der Waals surface area contributed by atoms with Gasteiger partial charge in [-0.3, -0.25) is 0 Å². The molecule has 1 N–H and O–H groups in total. The van der Waals surface area contributed by atoms with E-state index in [1.54, 1.807) is 20.3 Å². The number of rotatable bonds is 6. The molecule has 0 fully saturated rings. The van der Waals surface area contributed by atoms with Crippen LogP contribution in [0.1, 0.15) is 24.2 Å². The van der Waals surface area contributed by atoms with Gasteiger partial charge in [-0.25, -0.2) is 4.39 Å². The molecule has 0 saturated carbocycles. The van der Waals surface area contributed by atoms with Gasteiger partial charge in [-0.1, -0.05) is 0 Å². The molecular formula is C13H20FNO2. The topological polar surface area (TPSA) is 30.5 Å². The van der Waals surface area contributed by atoms with Gasteiger partial charge in [-0.2, -0.15) is 0 Å². The number of methoxy groups -OCH3 is 2. The third kappa shape index (κ3) is 3.33. The lowest BCUT2D eigenvalue weighted by molar-refractivity contribution is 0.341. The molecule has 0 radical (unpaired) electrons. The molecule has 0 amide bonds. The molecule has 0 aliphatic carbocycles. The van der Waals surface area contributed by atoms with E-state index >= 15 is 0 Å². The van der Waals surface area contributed by atoms with Crippen LogP contribution in [0.3, 0.4) is 0 Å². The summed E-state index contributed by atoms with van der Waals surface area (Å²) in [4.78, 5) is 0. The second-order valence-electron chi connectivity index (χ2n) is 3.88. The predicted molar refractivity (Wildman–Crippen MR) is 66.7 cm³/mol. The Morgan fingerprint density at radius 3 is 2.35 bits per heavy atom. The van der Waals surface area contributed by atoms with Crippen LogP contribution in [-0.4, -0.2) is 27.8 Å². The molecule has 0 saturated heterocycles. The maximum atomic E-state index is 13.4. The number of nitrogens with one attached hydrogen (secondary N) is 1. The predicted octanol–water partition coefficient (Wildman–Crippen LogP) is 2.50. The van der Waals surface area contributed by atoms with Crippen molar-refractivity contribution < 1.29 is 13.9 Å². The number of benzene rings is 1. The lowest BCUT2D eigenvalue weighted by atomic mass is 10.0. The van der Waals surface area contributed by atoms with Crippen LogP contribution in [0.25, 0.3) is 0 Å². The first kappa shape index (κ1) is 13.8. The first-order valence-electron chi connectivity index (χ1n) is 5.67. The molecule has 1 atom stereocenters. The molecule has 17 heavy (non-hydrogen) atoms. The smallest absolute Gasteiger partial charge is 0.126 e. The fraction of sp³-hybridized carbons (Fsp3) is 0.538. The van der Waals surface area contributed by atoms with Crippen LogP contribution in [0.2, 0.25) is 0 Å². The van der Waals surface area contributed by atoms with E-state index < -0.39 is 6.17 Å². The van der Waals surface area contributed by atoms with Gasteiger partial charge < -0.3 is 14.8 Å². The Morgan fingerprint density at radius 1 is 1.24 bits per heavy atom. The maximum absolute atomic E-state index is 13.4. The van der Waals surface area contributed by atoms with Crippen molar-refractivity contribution in [2.45, 2.75) is 19.5 Å². The number of hydrogen-bond donors (Lipinski definition) is 1. The summed E-state index contributed by atoms with van der Waals surface area (Å²) in [5.74, 6) is 1.28.